The number of carboxylic acids is 1. The summed E-state index contributed by atoms with van der Waals surface area (Å²) in [6.07, 6.45) is 2.37. The summed E-state index contributed by atoms with van der Waals surface area (Å²) >= 11 is 0. The molecule has 0 saturated heterocycles. The highest BCUT2D eigenvalue weighted by Crippen LogP contribution is 2.15. The minimum Gasteiger partial charge on any atom is -0.481 e. The standard InChI is InChI=1S/C16H19N3O3/c1-19(11-8-14(20)21)16(22)18-10-7-13-5-2-4-12-6-3-9-17-15(12)13/h2-6,9H,7-8,10-11H2,1H3,(H,18,22)(H,20,21). The van der Waals surface area contributed by atoms with E-state index in [1.807, 2.05) is 30.3 Å². The molecule has 2 rings (SSSR count). The van der Waals surface area contributed by atoms with E-state index < -0.39 is 5.97 Å². The summed E-state index contributed by atoms with van der Waals surface area (Å²) in [4.78, 5) is 28.0. The zero-order chi connectivity index (χ0) is 15.9. The van der Waals surface area contributed by atoms with Crippen molar-refractivity contribution >= 4 is 22.9 Å². The number of aromatic nitrogens is 1. The van der Waals surface area contributed by atoms with Gasteiger partial charge in [-0.05, 0) is 18.1 Å². The normalized spacial score (nSPS) is 10.4. The zero-order valence-corrected chi connectivity index (χ0v) is 12.5. The summed E-state index contributed by atoms with van der Waals surface area (Å²) in [5, 5.41) is 12.5. The van der Waals surface area contributed by atoms with Gasteiger partial charge in [-0.15, -0.1) is 0 Å². The third-order valence-corrected chi connectivity index (χ3v) is 3.39. The van der Waals surface area contributed by atoms with Gasteiger partial charge in [-0.3, -0.25) is 9.78 Å². The Kier molecular flexibility index (Phi) is 5.30. The molecule has 2 aromatic rings. The van der Waals surface area contributed by atoms with Crippen LogP contribution < -0.4 is 5.32 Å². The first-order chi connectivity index (χ1) is 10.6. The molecule has 1 heterocycles. The van der Waals surface area contributed by atoms with Crippen molar-refractivity contribution in [2.45, 2.75) is 12.8 Å². The number of pyridine rings is 1. The van der Waals surface area contributed by atoms with Crippen molar-refractivity contribution in [2.75, 3.05) is 20.1 Å². The molecule has 22 heavy (non-hydrogen) atoms. The highest BCUT2D eigenvalue weighted by molar-refractivity contribution is 5.81. The molecule has 1 aromatic heterocycles. The molecule has 2 N–H and O–H groups in total. The Morgan fingerprint density at radius 2 is 2.05 bits per heavy atom. The fourth-order valence-corrected chi connectivity index (χ4v) is 2.17. The van der Waals surface area contributed by atoms with Crippen molar-refractivity contribution < 1.29 is 14.7 Å². The number of hydrogen-bond acceptors (Lipinski definition) is 3. The average Bonchev–Trinajstić information content (AvgIpc) is 2.52. The number of carbonyl (C=O) groups is 2. The summed E-state index contributed by atoms with van der Waals surface area (Å²) in [6.45, 7) is 0.670. The monoisotopic (exact) mass is 301 g/mol. The number of amides is 2. The molecule has 0 unspecified atom stereocenters. The van der Waals surface area contributed by atoms with Crippen LogP contribution >= 0.6 is 0 Å². The Labute approximate surface area is 128 Å². The van der Waals surface area contributed by atoms with Crippen LogP contribution in [0.5, 0.6) is 0 Å². The molecular formula is C16H19N3O3. The lowest BCUT2D eigenvalue weighted by Gasteiger charge is -2.17. The number of urea groups is 1. The highest BCUT2D eigenvalue weighted by Gasteiger charge is 2.09. The molecule has 6 nitrogen and oxygen atoms in total. The highest BCUT2D eigenvalue weighted by atomic mass is 16.4. The summed E-state index contributed by atoms with van der Waals surface area (Å²) < 4.78 is 0. The first kappa shape index (κ1) is 15.8. The zero-order valence-electron chi connectivity index (χ0n) is 12.5. The van der Waals surface area contributed by atoms with Gasteiger partial charge in [0, 0.05) is 31.7 Å². The Morgan fingerprint density at radius 1 is 1.27 bits per heavy atom. The minimum atomic E-state index is -0.915. The van der Waals surface area contributed by atoms with E-state index in [-0.39, 0.29) is 19.0 Å². The van der Waals surface area contributed by atoms with Crippen LogP contribution in [0.15, 0.2) is 36.5 Å². The van der Waals surface area contributed by atoms with E-state index in [0.29, 0.717) is 13.0 Å². The number of aliphatic carboxylic acids is 1. The van der Waals surface area contributed by atoms with Gasteiger partial charge >= 0.3 is 12.0 Å². The number of fused-ring (bicyclic) bond motifs is 1. The average molecular weight is 301 g/mol. The lowest BCUT2D eigenvalue weighted by Crippen LogP contribution is -2.39. The van der Waals surface area contributed by atoms with E-state index in [1.54, 1.807) is 13.2 Å². The number of para-hydroxylation sites is 1. The molecule has 0 atom stereocenters. The Balaban J connectivity index is 1.87. The van der Waals surface area contributed by atoms with Crippen LogP contribution in [0.2, 0.25) is 0 Å². The predicted octanol–water partition coefficient (Wildman–Crippen LogP) is 1.89. The van der Waals surface area contributed by atoms with Crippen LogP contribution in [0, 0.1) is 0 Å². The second-order valence-corrected chi connectivity index (χ2v) is 5.04. The number of carboxylic acid groups (broad SMARTS) is 1. The van der Waals surface area contributed by atoms with E-state index in [1.165, 1.54) is 4.90 Å². The van der Waals surface area contributed by atoms with E-state index in [4.69, 9.17) is 5.11 Å². The molecule has 0 bridgehead atoms. The molecule has 1 aromatic carbocycles. The Morgan fingerprint density at radius 3 is 2.82 bits per heavy atom. The van der Waals surface area contributed by atoms with Crippen LogP contribution in [-0.4, -0.2) is 47.1 Å². The van der Waals surface area contributed by atoms with Crippen LogP contribution in [0.3, 0.4) is 0 Å². The Bertz CT molecular complexity index is 667. The van der Waals surface area contributed by atoms with E-state index in [2.05, 4.69) is 10.3 Å². The maximum Gasteiger partial charge on any atom is 0.317 e. The number of benzene rings is 1. The summed E-state index contributed by atoms with van der Waals surface area (Å²) in [7, 11) is 1.58. The van der Waals surface area contributed by atoms with Crippen molar-refractivity contribution in [3.05, 3.63) is 42.1 Å². The number of rotatable bonds is 6. The van der Waals surface area contributed by atoms with E-state index in [0.717, 1.165) is 16.5 Å². The van der Waals surface area contributed by atoms with E-state index in [9.17, 15) is 9.59 Å². The van der Waals surface area contributed by atoms with Crippen molar-refractivity contribution in [1.29, 1.82) is 0 Å². The first-order valence-corrected chi connectivity index (χ1v) is 7.11. The van der Waals surface area contributed by atoms with Crippen LogP contribution in [-0.2, 0) is 11.2 Å². The van der Waals surface area contributed by atoms with E-state index >= 15 is 0 Å². The molecule has 6 heteroatoms. The Hall–Kier alpha value is -2.63. The smallest absolute Gasteiger partial charge is 0.317 e. The second-order valence-electron chi connectivity index (χ2n) is 5.04. The quantitative estimate of drug-likeness (QED) is 0.853. The molecule has 0 aliphatic carbocycles. The van der Waals surface area contributed by atoms with Gasteiger partial charge in [-0.25, -0.2) is 4.79 Å². The minimum absolute atomic E-state index is 0.0584. The van der Waals surface area contributed by atoms with Gasteiger partial charge in [0.1, 0.15) is 0 Å². The van der Waals surface area contributed by atoms with Gasteiger partial charge in [0.05, 0.1) is 11.9 Å². The largest absolute Gasteiger partial charge is 0.481 e. The van der Waals surface area contributed by atoms with Crippen LogP contribution in [0.1, 0.15) is 12.0 Å². The van der Waals surface area contributed by atoms with Gasteiger partial charge in [0.2, 0.25) is 0 Å². The second kappa shape index (κ2) is 7.40. The van der Waals surface area contributed by atoms with Gasteiger partial charge in [0.25, 0.3) is 0 Å². The molecule has 0 aliphatic rings. The number of carbonyl (C=O) groups excluding carboxylic acids is 1. The molecule has 2 amide bonds. The number of hydrogen-bond donors (Lipinski definition) is 2. The van der Waals surface area contributed by atoms with Crippen LogP contribution in [0.4, 0.5) is 4.79 Å². The summed E-state index contributed by atoms with van der Waals surface area (Å²) in [6, 6.07) is 9.60. The van der Waals surface area contributed by atoms with Crippen molar-refractivity contribution in [2.24, 2.45) is 0 Å². The topological polar surface area (TPSA) is 82.5 Å². The predicted molar refractivity (Wildman–Crippen MR) is 83.7 cm³/mol. The van der Waals surface area contributed by atoms with Gasteiger partial charge in [-0.1, -0.05) is 24.3 Å². The molecule has 0 saturated carbocycles. The van der Waals surface area contributed by atoms with Gasteiger partial charge < -0.3 is 15.3 Å². The molecule has 0 aliphatic heterocycles. The van der Waals surface area contributed by atoms with Crippen LogP contribution in [0.25, 0.3) is 10.9 Å². The van der Waals surface area contributed by atoms with Gasteiger partial charge in [0.15, 0.2) is 0 Å². The molecule has 0 fully saturated rings. The lowest BCUT2D eigenvalue weighted by molar-refractivity contribution is -0.137. The summed E-state index contributed by atoms with van der Waals surface area (Å²) in [5.74, 6) is -0.915. The SMILES string of the molecule is CN(CCC(=O)O)C(=O)NCCc1cccc2cccnc12. The third kappa shape index (κ3) is 4.18. The maximum atomic E-state index is 11.8. The summed E-state index contributed by atoms with van der Waals surface area (Å²) in [5.41, 5.74) is 2.02. The molecule has 0 radical (unpaired) electrons. The van der Waals surface area contributed by atoms with Crippen molar-refractivity contribution in [1.82, 2.24) is 15.2 Å². The maximum absolute atomic E-state index is 11.8. The fraction of sp³-hybridized carbons (Fsp3) is 0.312. The molecule has 0 spiro atoms. The number of nitrogens with one attached hydrogen (secondary N) is 1. The third-order valence-electron chi connectivity index (χ3n) is 3.39. The first-order valence-electron chi connectivity index (χ1n) is 7.11. The van der Waals surface area contributed by atoms with Crippen molar-refractivity contribution in [3.63, 3.8) is 0 Å². The number of nitrogens with zero attached hydrogens (tertiary/aromatic N) is 2. The lowest BCUT2D eigenvalue weighted by atomic mass is 10.1. The fourth-order valence-electron chi connectivity index (χ4n) is 2.17. The molecular weight excluding hydrogens is 282 g/mol. The molecule has 116 valence electrons. The van der Waals surface area contributed by atoms with Gasteiger partial charge in [-0.2, -0.15) is 0 Å². The van der Waals surface area contributed by atoms with Crippen molar-refractivity contribution in [3.8, 4) is 0 Å².